The summed E-state index contributed by atoms with van der Waals surface area (Å²) in [6.07, 6.45) is 33.2. The second kappa shape index (κ2) is 46.3. The molecule has 0 aliphatic carbocycles. The number of rotatable bonds is 30. The Balaban J connectivity index is -0.000000591. The van der Waals surface area contributed by atoms with Gasteiger partial charge >= 0.3 is 0 Å². The van der Waals surface area contributed by atoms with E-state index in [2.05, 4.69) is 13.8 Å². The zero-order valence-corrected chi connectivity index (χ0v) is 33.2. The van der Waals surface area contributed by atoms with E-state index in [0.717, 1.165) is 26.1 Å². The van der Waals surface area contributed by atoms with Crippen LogP contribution >= 0.6 is 0 Å². The van der Waals surface area contributed by atoms with Crippen molar-refractivity contribution in [2.24, 2.45) is 0 Å². The first-order valence-corrected chi connectivity index (χ1v) is 20.2. The minimum atomic E-state index is -0.0370. The van der Waals surface area contributed by atoms with E-state index in [1.807, 2.05) is 20.8 Å². The van der Waals surface area contributed by atoms with Gasteiger partial charge in [0.25, 0.3) is 0 Å². The van der Waals surface area contributed by atoms with Crippen LogP contribution in [0.3, 0.4) is 0 Å². The Morgan fingerprint density at radius 2 is 0.898 bits per heavy atom. The first-order chi connectivity index (χ1) is 23.9. The molecule has 0 aliphatic rings. The number of methoxy groups -OCH3 is 1. The first-order valence-electron chi connectivity index (χ1n) is 20.2. The van der Waals surface area contributed by atoms with Crippen molar-refractivity contribution in [3.8, 4) is 11.5 Å². The highest BCUT2D eigenvalue weighted by atomic mass is 16.7. The number of carbonyl (C=O) groups is 1. The molecule has 0 saturated carbocycles. The Labute approximate surface area is 303 Å². The van der Waals surface area contributed by atoms with Gasteiger partial charge in [-0.2, -0.15) is 0 Å². The number of hydrogen-bond donors (Lipinski definition) is 3. The van der Waals surface area contributed by atoms with Crippen molar-refractivity contribution >= 4 is 6.29 Å². The van der Waals surface area contributed by atoms with Crippen molar-refractivity contribution in [3.05, 3.63) is 23.8 Å². The molecule has 0 spiro atoms. The number of hydrogen-bond acceptors (Lipinski definition) is 7. The quantitative estimate of drug-likeness (QED) is 0.0417. The number of aliphatic hydroxyl groups is 2. The van der Waals surface area contributed by atoms with Crippen LogP contribution in [0.4, 0.5) is 0 Å². The monoisotopic (exact) mass is 699 g/mol. The van der Waals surface area contributed by atoms with E-state index in [9.17, 15) is 4.79 Å². The highest BCUT2D eigenvalue weighted by Gasteiger charge is 2.00. The van der Waals surface area contributed by atoms with E-state index in [4.69, 9.17) is 29.5 Å². The standard InChI is InChI=1S/2C14H30O.C8H8O3.C6H14O2/c2*1-2-3-4-5-6-7-8-9-10-11-12-13-14-15;1-11-8-4-6(5-9)2-3-7(8)10;1-4-7-6(3)8-5-2/h2*15H,2-14H2,1H3;2-5,10H,1H3;6H,4-5H2,1-3H3. The average molecular weight is 699 g/mol. The van der Waals surface area contributed by atoms with Gasteiger partial charge in [-0.3, -0.25) is 4.79 Å². The molecule has 0 aromatic heterocycles. The summed E-state index contributed by atoms with van der Waals surface area (Å²) in [5, 5.41) is 26.3. The van der Waals surface area contributed by atoms with E-state index < -0.39 is 0 Å². The van der Waals surface area contributed by atoms with Crippen LogP contribution in [0, 0.1) is 0 Å². The number of phenols is 1. The van der Waals surface area contributed by atoms with E-state index in [0.29, 0.717) is 30.8 Å². The van der Waals surface area contributed by atoms with Crippen molar-refractivity contribution in [1.29, 1.82) is 0 Å². The number of phenolic OH excluding ortho intramolecular Hbond substituents is 1. The molecule has 49 heavy (non-hydrogen) atoms. The van der Waals surface area contributed by atoms with E-state index in [1.165, 1.54) is 167 Å². The SMILES string of the molecule is CCCCCCCCCCCCCCO.CCCCCCCCCCCCCCO.CCOC(C)OCC.COc1cc(C=O)ccc1O. The number of aldehydes is 1. The Morgan fingerprint density at radius 1 is 0.571 bits per heavy atom. The van der Waals surface area contributed by atoms with Gasteiger partial charge in [0.2, 0.25) is 0 Å². The van der Waals surface area contributed by atoms with Gasteiger partial charge in [0.1, 0.15) is 6.29 Å². The molecule has 0 radical (unpaired) electrons. The highest BCUT2D eigenvalue weighted by molar-refractivity contribution is 5.76. The van der Waals surface area contributed by atoms with Crippen LogP contribution in [0.15, 0.2) is 18.2 Å². The van der Waals surface area contributed by atoms with Crippen molar-refractivity contribution in [1.82, 2.24) is 0 Å². The van der Waals surface area contributed by atoms with Gasteiger partial charge in [-0.05, 0) is 51.8 Å². The number of carbonyl (C=O) groups excluding carboxylic acids is 1. The number of aromatic hydroxyl groups is 1. The average Bonchev–Trinajstić information content (AvgIpc) is 3.11. The molecule has 1 rings (SSSR count). The number of aliphatic hydroxyl groups excluding tert-OH is 2. The highest BCUT2D eigenvalue weighted by Crippen LogP contribution is 2.25. The zero-order valence-electron chi connectivity index (χ0n) is 33.2. The summed E-state index contributed by atoms with van der Waals surface area (Å²) < 4.78 is 14.9. The predicted molar refractivity (Wildman–Crippen MR) is 209 cm³/mol. The van der Waals surface area contributed by atoms with Crippen LogP contribution in [-0.4, -0.2) is 61.4 Å². The molecular weight excluding hydrogens is 616 g/mol. The smallest absolute Gasteiger partial charge is 0.161 e. The molecule has 0 aliphatic heterocycles. The maximum atomic E-state index is 10.2. The lowest BCUT2D eigenvalue weighted by Crippen LogP contribution is -2.11. The van der Waals surface area contributed by atoms with Crippen LogP contribution in [0.5, 0.6) is 11.5 Å². The van der Waals surface area contributed by atoms with Gasteiger partial charge in [0.05, 0.1) is 7.11 Å². The second-order valence-electron chi connectivity index (χ2n) is 12.8. The first kappa shape index (κ1) is 51.7. The molecule has 0 unspecified atom stereocenters. The van der Waals surface area contributed by atoms with Gasteiger partial charge in [-0.1, -0.05) is 155 Å². The molecule has 7 nitrogen and oxygen atoms in total. The van der Waals surface area contributed by atoms with Crippen molar-refractivity contribution in [2.45, 2.75) is 195 Å². The molecule has 0 bridgehead atoms. The maximum Gasteiger partial charge on any atom is 0.161 e. The summed E-state index contributed by atoms with van der Waals surface area (Å²) >= 11 is 0. The largest absolute Gasteiger partial charge is 0.504 e. The van der Waals surface area contributed by atoms with Crippen molar-refractivity contribution < 1.29 is 34.3 Å². The van der Waals surface area contributed by atoms with Crippen molar-refractivity contribution in [2.75, 3.05) is 33.5 Å². The summed E-state index contributed by atoms with van der Waals surface area (Å²) in [6.45, 7) is 12.5. The molecule has 7 heteroatoms. The molecule has 0 atom stereocenters. The topological polar surface area (TPSA) is 105 Å². The third-order valence-electron chi connectivity index (χ3n) is 8.17. The molecule has 3 N–H and O–H groups in total. The fourth-order valence-electron chi connectivity index (χ4n) is 5.19. The van der Waals surface area contributed by atoms with Crippen LogP contribution in [0.1, 0.15) is 199 Å². The Hall–Kier alpha value is -1.67. The molecule has 0 heterocycles. The van der Waals surface area contributed by atoms with Gasteiger partial charge in [-0.25, -0.2) is 0 Å². The van der Waals surface area contributed by atoms with E-state index >= 15 is 0 Å². The normalized spacial score (nSPS) is 10.4. The molecule has 0 saturated heterocycles. The van der Waals surface area contributed by atoms with Gasteiger partial charge in [0.15, 0.2) is 17.8 Å². The summed E-state index contributed by atoms with van der Waals surface area (Å²) in [6, 6.07) is 4.41. The molecule has 292 valence electrons. The van der Waals surface area contributed by atoms with Gasteiger partial charge in [-0.15, -0.1) is 0 Å². The van der Waals surface area contributed by atoms with Crippen LogP contribution < -0.4 is 4.74 Å². The molecule has 1 aromatic rings. The number of unbranched alkanes of at least 4 members (excludes halogenated alkanes) is 22. The van der Waals surface area contributed by atoms with Crippen LogP contribution in [0.25, 0.3) is 0 Å². The summed E-state index contributed by atoms with van der Waals surface area (Å²) in [5.41, 5.74) is 0.486. The van der Waals surface area contributed by atoms with Gasteiger partial charge in [0, 0.05) is 32.0 Å². The summed E-state index contributed by atoms with van der Waals surface area (Å²) in [4.78, 5) is 10.2. The lowest BCUT2D eigenvalue weighted by atomic mass is 10.1. The molecular formula is C42H82O7. The minimum absolute atomic E-state index is 0.0370. The number of benzene rings is 1. The zero-order chi connectivity index (χ0) is 37.1. The molecule has 0 amide bonds. The summed E-state index contributed by atoms with van der Waals surface area (Å²) in [7, 11) is 1.43. The van der Waals surface area contributed by atoms with Crippen molar-refractivity contribution in [3.63, 3.8) is 0 Å². The fraction of sp³-hybridized carbons (Fsp3) is 0.833. The van der Waals surface area contributed by atoms with E-state index in [-0.39, 0.29) is 12.0 Å². The fourth-order valence-corrected chi connectivity index (χ4v) is 5.19. The Bertz CT molecular complexity index is 688. The summed E-state index contributed by atoms with van der Waals surface area (Å²) in [5.74, 6) is 0.354. The maximum absolute atomic E-state index is 10.2. The molecule has 1 aromatic carbocycles. The number of ether oxygens (including phenoxy) is 3. The lowest BCUT2D eigenvalue weighted by Gasteiger charge is -2.09. The Kier molecular flexibility index (Phi) is 48.9. The van der Waals surface area contributed by atoms with Crippen LogP contribution in [0.2, 0.25) is 0 Å². The Morgan fingerprint density at radius 3 is 1.16 bits per heavy atom. The molecule has 0 fully saturated rings. The van der Waals surface area contributed by atoms with Crippen LogP contribution in [-0.2, 0) is 9.47 Å². The van der Waals surface area contributed by atoms with Gasteiger partial charge < -0.3 is 29.5 Å². The third kappa shape index (κ3) is 44.3. The second-order valence-corrected chi connectivity index (χ2v) is 12.8. The van der Waals surface area contributed by atoms with E-state index in [1.54, 1.807) is 0 Å². The lowest BCUT2D eigenvalue weighted by molar-refractivity contribution is -0.123. The minimum Gasteiger partial charge on any atom is -0.504 e. The third-order valence-corrected chi connectivity index (χ3v) is 8.17. The predicted octanol–water partition coefficient (Wildman–Crippen LogP) is 12.0.